The maximum atomic E-state index is 13.1. The lowest BCUT2D eigenvalue weighted by Crippen LogP contribution is -2.49. The van der Waals surface area contributed by atoms with Crippen LogP contribution < -0.4 is 5.32 Å². The van der Waals surface area contributed by atoms with Crippen molar-refractivity contribution in [2.24, 2.45) is 0 Å². The zero-order valence-corrected chi connectivity index (χ0v) is 19.8. The number of imide groups is 1. The molecule has 1 N–H and O–H groups in total. The Morgan fingerprint density at radius 3 is 2.34 bits per heavy atom. The Bertz CT molecular complexity index is 1240. The molecule has 4 rings (SSSR count). The highest BCUT2D eigenvalue weighted by Crippen LogP contribution is 2.39. The van der Waals surface area contributed by atoms with E-state index in [1.54, 1.807) is 55.6 Å². The summed E-state index contributed by atoms with van der Waals surface area (Å²) in [7, 11) is 2.97. The van der Waals surface area contributed by atoms with Gasteiger partial charge in [0.25, 0.3) is 5.91 Å². The molecule has 4 amide bonds. The standard InChI is InChI=1S/C27H27N3O5/c1-29-26(34)30(25(33)27(29)14-4-3-5-15-27)18-23(31)28-22-11-7-9-20(17-22)13-12-19-8-6-10-21(16-19)24(32)35-2/h6-11,16-17H,3-5,14-15,18H2,1-2H3,(H,28,31). The van der Waals surface area contributed by atoms with Crippen molar-refractivity contribution in [3.63, 3.8) is 0 Å². The van der Waals surface area contributed by atoms with E-state index in [1.165, 1.54) is 12.0 Å². The average molecular weight is 474 g/mol. The van der Waals surface area contributed by atoms with Gasteiger partial charge in [-0.05, 0) is 49.2 Å². The van der Waals surface area contributed by atoms with Crippen LogP contribution in [-0.2, 0) is 14.3 Å². The van der Waals surface area contributed by atoms with Gasteiger partial charge in [-0.25, -0.2) is 9.59 Å². The number of esters is 1. The van der Waals surface area contributed by atoms with Gasteiger partial charge in [0.2, 0.25) is 5.91 Å². The first-order valence-corrected chi connectivity index (χ1v) is 11.5. The molecule has 0 unspecified atom stereocenters. The monoisotopic (exact) mass is 473 g/mol. The van der Waals surface area contributed by atoms with E-state index in [9.17, 15) is 19.2 Å². The van der Waals surface area contributed by atoms with Crippen LogP contribution in [0.3, 0.4) is 0 Å². The van der Waals surface area contributed by atoms with Crippen molar-refractivity contribution in [2.75, 3.05) is 26.0 Å². The normalized spacial score (nSPS) is 16.6. The SMILES string of the molecule is COC(=O)c1cccc(C#Cc2cccc(NC(=O)CN3C(=O)N(C)C4(CCCCC4)C3=O)c2)c1. The van der Waals surface area contributed by atoms with E-state index < -0.39 is 23.4 Å². The minimum Gasteiger partial charge on any atom is -0.465 e. The predicted octanol–water partition coefficient (Wildman–Crippen LogP) is 3.41. The minimum absolute atomic E-state index is 0.284. The van der Waals surface area contributed by atoms with Gasteiger partial charge in [0, 0.05) is 23.9 Å². The third kappa shape index (κ3) is 4.90. The first-order valence-electron chi connectivity index (χ1n) is 11.5. The predicted molar refractivity (Wildman–Crippen MR) is 130 cm³/mol. The average Bonchev–Trinajstić information content (AvgIpc) is 3.04. The number of urea groups is 1. The van der Waals surface area contributed by atoms with Crippen molar-refractivity contribution in [1.82, 2.24) is 9.80 Å². The quantitative estimate of drug-likeness (QED) is 0.417. The summed E-state index contributed by atoms with van der Waals surface area (Å²) in [4.78, 5) is 52.8. The topological polar surface area (TPSA) is 96.0 Å². The van der Waals surface area contributed by atoms with Gasteiger partial charge in [-0.15, -0.1) is 0 Å². The second-order valence-corrected chi connectivity index (χ2v) is 8.78. The Kier molecular flexibility index (Phi) is 6.87. The van der Waals surface area contributed by atoms with Gasteiger partial charge >= 0.3 is 12.0 Å². The molecule has 2 aliphatic rings. The third-order valence-electron chi connectivity index (χ3n) is 6.57. The Balaban J connectivity index is 1.43. The molecule has 0 atom stereocenters. The van der Waals surface area contributed by atoms with Crippen molar-refractivity contribution in [3.05, 3.63) is 65.2 Å². The van der Waals surface area contributed by atoms with Crippen molar-refractivity contribution in [3.8, 4) is 11.8 Å². The van der Waals surface area contributed by atoms with Crippen LogP contribution in [0.15, 0.2) is 48.5 Å². The number of hydrogen-bond donors (Lipinski definition) is 1. The molecular formula is C27H27N3O5. The van der Waals surface area contributed by atoms with Gasteiger partial charge in [-0.3, -0.25) is 14.5 Å². The lowest BCUT2D eigenvalue weighted by atomic mass is 9.81. The van der Waals surface area contributed by atoms with Crippen LogP contribution in [-0.4, -0.2) is 59.9 Å². The summed E-state index contributed by atoms with van der Waals surface area (Å²) in [6.45, 7) is -0.333. The number of hydrogen-bond acceptors (Lipinski definition) is 5. The Hall–Kier alpha value is -4.12. The number of likely N-dealkylation sites (N-methyl/N-ethyl adjacent to an activating group) is 1. The maximum absolute atomic E-state index is 13.1. The second-order valence-electron chi connectivity index (χ2n) is 8.78. The summed E-state index contributed by atoms with van der Waals surface area (Å²) in [6.07, 6.45) is 4.10. The Morgan fingerprint density at radius 2 is 1.66 bits per heavy atom. The van der Waals surface area contributed by atoms with Crippen molar-refractivity contribution in [1.29, 1.82) is 0 Å². The largest absolute Gasteiger partial charge is 0.465 e. The minimum atomic E-state index is -0.809. The fraction of sp³-hybridized carbons (Fsp3) is 0.333. The molecule has 1 heterocycles. The lowest BCUT2D eigenvalue weighted by molar-refractivity contribution is -0.136. The summed E-state index contributed by atoms with van der Waals surface area (Å²) in [5.74, 6) is 4.83. The highest BCUT2D eigenvalue weighted by Gasteiger charge is 2.55. The summed E-state index contributed by atoms with van der Waals surface area (Å²) >= 11 is 0. The number of nitrogens with one attached hydrogen (secondary N) is 1. The van der Waals surface area contributed by atoms with Gasteiger partial charge in [0.1, 0.15) is 12.1 Å². The highest BCUT2D eigenvalue weighted by molar-refractivity contribution is 6.10. The van der Waals surface area contributed by atoms with E-state index in [4.69, 9.17) is 4.74 Å². The molecule has 1 saturated carbocycles. The zero-order chi connectivity index (χ0) is 25.0. The van der Waals surface area contributed by atoms with Crippen molar-refractivity contribution in [2.45, 2.75) is 37.6 Å². The summed E-state index contributed by atoms with van der Waals surface area (Å²) in [6, 6.07) is 13.3. The van der Waals surface area contributed by atoms with Crippen LogP contribution in [0.25, 0.3) is 0 Å². The molecule has 0 radical (unpaired) electrons. The first-order chi connectivity index (χ1) is 16.8. The number of rotatable bonds is 4. The number of carbonyl (C=O) groups excluding carboxylic acids is 4. The number of nitrogens with zero attached hydrogens (tertiary/aromatic N) is 2. The Morgan fingerprint density at radius 1 is 1.00 bits per heavy atom. The fourth-order valence-electron chi connectivity index (χ4n) is 4.68. The number of methoxy groups -OCH3 is 1. The molecule has 2 aromatic rings. The Labute approximate surface area is 204 Å². The van der Waals surface area contributed by atoms with Crippen LogP contribution in [0, 0.1) is 11.8 Å². The molecule has 0 aromatic heterocycles. The van der Waals surface area contributed by atoms with Crippen molar-refractivity contribution < 1.29 is 23.9 Å². The van der Waals surface area contributed by atoms with Crippen LogP contribution >= 0.6 is 0 Å². The van der Waals surface area contributed by atoms with E-state index in [-0.39, 0.29) is 12.5 Å². The van der Waals surface area contributed by atoms with Crippen LogP contribution in [0.5, 0.6) is 0 Å². The molecule has 180 valence electrons. The molecule has 1 saturated heterocycles. The van der Waals surface area contributed by atoms with Gasteiger partial charge in [-0.1, -0.05) is 43.2 Å². The first kappa shape index (κ1) is 24.0. The molecule has 1 spiro atoms. The van der Waals surface area contributed by atoms with Crippen LogP contribution in [0.1, 0.15) is 53.6 Å². The molecule has 1 aliphatic heterocycles. The highest BCUT2D eigenvalue weighted by atomic mass is 16.5. The number of ether oxygens (including phenoxy) is 1. The molecule has 8 nitrogen and oxygen atoms in total. The van der Waals surface area contributed by atoms with E-state index >= 15 is 0 Å². The van der Waals surface area contributed by atoms with E-state index in [0.29, 0.717) is 35.2 Å². The van der Waals surface area contributed by atoms with Crippen molar-refractivity contribution >= 4 is 29.5 Å². The summed E-state index contributed by atoms with van der Waals surface area (Å²) in [5, 5.41) is 2.75. The van der Waals surface area contributed by atoms with Crippen LogP contribution in [0.4, 0.5) is 10.5 Å². The zero-order valence-electron chi connectivity index (χ0n) is 19.8. The summed E-state index contributed by atoms with van der Waals surface area (Å²) < 4.78 is 4.73. The lowest BCUT2D eigenvalue weighted by Gasteiger charge is -2.35. The number of anilines is 1. The van der Waals surface area contributed by atoms with Gasteiger partial charge in [0.15, 0.2) is 0 Å². The smallest absolute Gasteiger partial charge is 0.337 e. The second kappa shape index (κ2) is 10.0. The van der Waals surface area contributed by atoms with Gasteiger partial charge in [-0.2, -0.15) is 0 Å². The maximum Gasteiger partial charge on any atom is 0.337 e. The molecule has 35 heavy (non-hydrogen) atoms. The molecule has 8 heteroatoms. The van der Waals surface area contributed by atoms with Gasteiger partial charge < -0.3 is 15.0 Å². The third-order valence-corrected chi connectivity index (χ3v) is 6.57. The number of benzene rings is 2. The molecular weight excluding hydrogens is 446 g/mol. The molecule has 0 bridgehead atoms. The van der Waals surface area contributed by atoms with E-state index in [0.717, 1.165) is 24.2 Å². The summed E-state index contributed by atoms with van der Waals surface area (Å²) in [5.41, 5.74) is 1.41. The fourth-order valence-corrected chi connectivity index (χ4v) is 4.68. The van der Waals surface area contributed by atoms with Crippen LogP contribution in [0.2, 0.25) is 0 Å². The van der Waals surface area contributed by atoms with E-state index in [1.807, 2.05) is 0 Å². The molecule has 1 aliphatic carbocycles. The number of amides is 4. The van der Waals surface area contributed by atoms with E-state index in [2.05, 4.69) is 17.2 Å². The number of carbonyl (C=O) groups is 4. The molecule has 2 aromatic carbocycles. The van der Waals surface area contributed by atoms with Gasteiger partial charge in [0.05, 0.1) is 12.7 Å². The molecule has 2 fully saturated rings.